The van der Waals surface area contributed by atoms with E-state index in [9.17, 15) is 4.79 Å². The van der Waals surface area contributed by atoms with Gasteiger partial charge >= 0.3 is 0 Å². The summed E-state index contributed by atoms with van der Waals surface area (Å²) in [7, 11) is 0. The first kappa shape index (κ1) is 16.3. The van der Waals surface area contributed by atoms with E-state index in [2.05, 4.69) is 16.7 Å². The Morgan fingerprint density at radius 3 is 2.95 bits per heavy atom. The molecule has 0 spiro atoms. The van der Waals surface area contributed by atoms with Crippen molar-refractivity contribution in [3.63, 3.8) is 0 Å². The van der Waals surface area contributed by atoms with Gasteiger partial charge in [0.2, 0.25) is 0 Å². The topological polar surface area (TPSA) is 41.1 Å². The van der Waals surface area contributed by atoms with Gasteiger partial charge in [-0.05, 0) is 50.3 Å². The molecule has 0 saturated carbocycles. The highest BCUT2D eigenvalue weighted by molar-refractivity contribution is 7.98. The van der Waals surface area contributed by atoms with Crippen LogP contribution < -0.4 is 10.6 Å². The van der Waals surface area contributed by atoms with E-state index in [1.54, 1.807) is 11.8 Å². The first-order chi connectivity index (χ1) is 8.70. The lowest BCUT2D eigenvalue weighted by molar-refractivity contribution is 0.0949. The minimum atomic E-state index is 0. The summed E-state index contributed by atoms with van der Waals surface area (Å²) in [5, 5.41) is 6.40. The zero-order valence-corrected chi connectivity index (χ0v) is 13.0. The molecule has 0 radical (unpaired) electrons. The van der Waals surface area contributed by atoms with Crippen LogP contribution in [-0.4, -0.2) is 31.3 Å². The van der Waals surface area contributed by atoms with Gasteiger partial charge in [-0.3, -0.25) is 4.79 Å². The van der Waals surface area contributed by atoms with Crippen LogP contribution in [0.3, 0.4) is 0 Å². The lowest BCUT2D eigenvalue weighted by atomic mass is 10.1. The predicted octanol–water partition coefficient (Wildman–Crippen LogP) is 2.62. The maximum absolute atomic E-state index is 12.1. The van der Waals surface area contributed by atoms with Crippen LogP contribution in [0.2, 0.25) is 0 Å². The van der Waals surface area contributed by atoms with Crippen LogP contribution >= 0.6 is 24.2 Å². The van der Waals surface area contributed by atoms with Crippen molar-refractivity contribution in [2.24, 2.45) is 0 Å². The highest BCUT2D eigenvalue weighted by Crippen LogP contribution is 2.19. The van der Waals surface area contributed by atoms with Gasteiger partial charge < -0.3 is 10.6 Å². The average Bonchev–Trinajstić information content (AvgIpc) is 2.89. The fourth-order valence-electron chi connectivity index (χ4n) is 2.21. The highest BCUT2D eigenvalue weighted by Gasteiger charge is 2.16. The minimum Gasteiger partial charge on any atom is -0.350 e. The fourth-order valence-corrected chi connectivity index (χ4v) is 2.65. The standard InChI is InChI=1S/C14H20N2OS.ClH/c1-10-5-6-12(18-2)8-13(10)14(17)16-9-11-4-3-7-15-11;/h5-6,8,11,15H,3-4,7,9H2,1-2H3,(H,16,17);1H. The van der Waals surface area contributed by atoms with Crippen LogP contribution in [0.1, 0.15) is 28.8 Å². The zero-order chi connectivity index (χ0) is 13.0. The molecule has 1 unspecified atom stereocenters. The molecule has 2 rings (SSSR count). The summed E-state index contributed by atoms with van der Waals surface area (Å²) in [5.74, 6) is 0.0390. The number of benzene rings is 1. The summed E-state index contributed by atoms with van der Waals surface area (Å²) in [6.07, 6.45) is 4.39. The quantitative estimate of drug-likeness (QED) is 0.840. The third-order valence-corrected chi connectivity index (χ3v) is 4.09. The van der Waals surface area contributed by atoms with Crippen molar-refractivity contribution in [3.8, 4) is 0 Å². The van der Waals surface area contributed by atoms with Crippen LogP contribution in [0.4, 0.5) is 0 Å². The molecule has 106 valence electrons. The monoisotopic (exact) mass is 300 g/mol. The number of thioether (sulfide) groups is 1. The van der Waals surface area contributed by atoms with Crippen LogP contribution in [0.25, 0.3) is 0 Å². The van der Waals surface area contributed by atoms with Crippen molar-refractivity contribution >= 4 is 30.1 Å². The van der Waals surface area contributed by atoms with Crippen LogP contribution in [0, 0.1) is 6.92 Å². The molecule has 1 aromatic rings. The Balaban J connectivity index is 0.00000180. The molecule has 1 aliphatic heterocycles. The summed E-state index contributed by atoms with van der Waals surface area (Å²) >= 11 is 1.66. The maximum atomic E-state index is 12.1. The number of rotatable bonds is 4. The lowest BCUT2D eigenvalue weighted by Crippen LogP contribution is -2.37. The molecule has 1 fully saturated rings. The summed E-state index contributed by atoms with van der Waals surface area (Å²) in [5.41, 5.74) is 1.82. The van der Waals surface area contributed by atoms with E-state index in [1.807, 2.05) is 25.3 Å². The number of carbonyl (C=O) groups is 1. The van der Waals surface area contributed by atoms with E-state index in [0.717, 1.165) is 35.5 Å². The van der Waals surface area contributed by atoms with Gasteiger partial charge in [0.1, 0.15) is 0 Å². The molecule has 1 aromatic carbocycles. The Hall–Kier alpha value is -0.710. The first-order valence-corrected chi connectivity index (χ1v) is 7.59. The van der Waals surface area contributed by atoms with Crippen molar-refractivity contribution in [3.05, 3.63) is 29.3 Å². The molecule has 19 heavy (non-hydrogen) atoms. The van der Waals surface area contributed by atoms with Gasteiger partial charge in [0.05, 0.1) is 0 Å². The SMILES string of the molecule is CSc1ccc(C)c(C(=O)NCC2CCCN2)c1.Cl. The summed E-state index contributed by atoms with van der Waals surface area (Å²) in [4.78, 5) is 13.3. The van der Waals surface area contributed by atoms with Gasteiger partial charge in [-0.1, -0.05) is 6.07 Å². The van der Waals surface area contributed by atoms with Crippen molar-refractivity contribution in [2.75, 3.05) is 19.3 Å². The van der Waals surface area contributed by atoms with Gasteiger partial charge in [0.15, 0.2) is 0 Å². The van der Waals surface area contributed by atoms with Crippen LogP contribution in [0.5, 0.6) is 0 Å². The van der Waals surface area contributed by atoms with Crippen molar-refractivity contribution in [1.82, 2.24) is 10.6 Å². The molecule has 0 aromatic heterocycles. The Labute approximate surface area is 125 Å². The lowest BCUT2D eigenvalue weighted by Gasteiger charge is -2.13. The second kappa shape index (κ2) is 7.78. The van der Waals surface area contributed by atoms with E-state index in [4.69, 9.17) is 0 Å². The smallest absolute Gasteiger partial charge is 0.251 e. The van der Waals surface area contributed by atoms with Gasteiger partial charge in [0.25, 0.3) is 5.91 Å². The minimum absolute atomic E-state index is 0. The molecule has 1 amide bonds. The second-order valence-corrected chi connectivity index (χ2v) is 5.56. The molecule has 5 heteroatoms. The summed E-state index contributed by atoms with van der Waals surface area (Å²) in [6.45, 7) is 3.77. The summed E-state index contributed by atoms with van der Waals surface area (Å²) in [6, 6.07) is 6.47. The number of hydrogen-bond donors (Lipinski definition) is 2. The van der Waals surface area contributed by atoms with Crippen molar-refractivity contribution in [1.29, 1.82) is 0 Å². The van der Waals surface area contributed by atoms with E-state index >= 15 is 0 Å². The van der Waals surface area contributed by atoms with E-state index in [0.29, 0.717) is 6.04 Å². The Bertz CT molecular complexity index is 433. The summed E-state index contributed by atoms with van der Waals surface area (Å²) < 4.78 is 0. The largest absolute Gasteiger partial charge is 0.350 e. The van der Waals surface area contributed by atoms with Gasteiger partial charge in [-0.2, -0.15) is 0 Å². The third kappa shape index (κ3) is 4.41. The molecule has 2 N–H and O–H groups in total. The molecule has 1 saturated heterocycles. The molecule has 1 atom stereocenters. The van der Waals surface area contributed by atoms with E-state index in [-0.39, 0.29) is 18.3 Å². The Kier molecular flexibility index (Phi) is 6.69. The molecule has 1 aliphatic rings. The molecule has 1 heterocycles. The van der Waals surface area contributed by atoms with Crippen LogP contribution in [0.15, 0.2) is 23.1 Å². The van der Waals surface area contributed by atoms with Gasteiger partial charge in [0, 0.05) is 23.0 Å². The Morgan fingerprint density at radius 2 is 2.32 bits per heavy atom. The number of nitrogens with one attached hydrogen (secondary N) is 2. The number of hydrogen-bond acceptors (Lipinski definition) is 3. The van der Waals surface area contributed by atoms with Crippen molar-refractivity contribution < 1.29 is 4.79 Å². The Morgan fingerprint density at radius 1 is 1.53 bits per heavy atom. The number of carbonyl (C=O) groups excluding carboxylic acids is 1. The third-order valence-electron chi connectivity index (χ3n) is 3.36. The maximum Gasteiger partial charge on any atom is 0.251 e. The predicted molar refractivity (Wildman–Crippen MR) is 83.6 cm³/mol. The number of amides is 1. The highest BCUT2D eigenvalue weighted by atomic mass is 35.5. The number of aryl methyl sites for hydroxylation is 1. The molecule has 0 bridgehead atoms. The van der Waals surface area contributed by atoms with Gasteiger partial charge in [-0.25, -0.2) is 0 Å². The molecular formula is C14H21ClN2OS. The van der Waals surface area contributed by atoms with Crippen molar-refractivity contribution in [2.45, 2.75) is 30.7 Å². The van der Waals surface area contributed by atoms with E-state index in [1.165, 1.54) is 6.42 Å². The zero-order valence-electron chi connectivity index (χ0n) is 11.4. The van der Waals surface area contributed by atoms with E-state index < -0.39 is 0 Å². The molecular weight excluding hydrogens is 280 g/mol. The van der Waals surface area contributed by atoms with Gasteiger partial charge in [-0.15, -0.1) is 24.2 Å². The van der Waals surface area contributed by atoms with Crippen LogP contribution in [-0.2, 0) is 0 Å². The fraction of sp³-hybridized carbons (Fsp3) is 0.500. The molecule has 0 aliphatic carbocycles. The molecule has 3 nitrogen and oxygen atoms in total. The average molecular weight is 301 g/mol. The second-order valence-electron chi connectivity index (χ2n) is 4.68. The normalized spacial score (nSPS) is 17.9. The number of halogens is 1. The first-order valence-electron chi connectivity index (χ1n) is 6.37.